The number of nitrogens with zero attached hydrogens (tertiary/aromatic N) is 2. The molecule has 21 heavy (non-hydrogen) atoms. The molecule has 0 atom stereocenters. The molecule has 0 spiro atoms. The van der Waals surface area contributed by atoms with Gasteiger partial charge in [-0.25, -0.2) is 0 Å². The van der Waals surface area contributed by atoms with Gasteiger partial charge in [0, 0.05) is 30.0 Å². The summed E-state index contributed by atoms with van der Waals surface area (Å²) in [5, 5.41) is 2.12. The van der Waals surface area contributed by atoms with Crippen LogP contribution < -0.4 is 0 Å². The fourth-order valence-electron chi connectivity index (χ4n) is 2.70. The first-order chi connectivity index (χ1) is 9.92. The first kappa shape index (κ1) is 16.5. The van der Waals surface area contributed by atoms with Crippen molar-refractivity contribution >= 4 is 33.0 Å². The number of ketones is 1. The van der Waals surface area contributed by atoms with Gasteiger partial charge in [0.05, 0.1) is 10.3 Å². The van der Waals surface area contributed by atoms with Crippen LogP contribution in [-0.2, 0) is 13.1 Å². The van der Waals surface area contributed by atoms with Gasteiger partial charge in [-0.2, -0.15) is 0 Å². The predicted octanol–water partition coefficient (Wildman–Crippen LogP) is 4.26. The third-order valence-corrected chi connectivity index (χ3v) is 5.23. The van der Waals surface area contributed by atoms with E-state index in [-0.39, 0.29) is 5.78 Å². The normalized spacial score (nSPS) is 11.3. The van der Waals surface area contributed by atoms with E-state index in [2.05, 4.69) is 50.7 Å². The van der Waals surface area contributed by atoms with Crippen molar-refractivity contribution in [3.8, 4) is 0 Å². The Balaban J connectivity index is 2.04. The van der Waals surface area contributed by atoms with Crippen LogP contribution in [0.2, 0.25) is 0 Å². The summed E-state index contributed by atoms with van der Waals surface area (Å²) in [4.78, 5) is 14.6. The number of carbonyl (C=O) groups is 1. The Bertz CT molecular complexity index is 645. The SMILES string of the molecule is CCn1c(C)cc(C(=O)CN(C)Cc2csc(Br)c2)c1C. The molecule has 114 valence electrons. The van der Waals surface area contributed by atoms with Crippen LogP contribution in [0.5, 0.6) is 0 Å². The molecule has 0 radical (unpaired) electrons. The van der Waals surface area contributed by atoms with Gasteiger partial charge >= 0.3 is 0 Å². The summed E-state index contributed by atoms with van der Waals surface area (Å²) in [5.74, 6) is 0.194. The van der Waals surface area contributed by atoms with Gasteiger partial charge in [-0.3, -0.25) is 9.69 Å². The van der Waals surface area contributed by atoms with E-state index in [4.69, 9.17) is 0 Å². The second-order valence-corrected chi connectivity index (χ2v) is 7.67. The van der Waals surface area contributed by atoms with Gasteiger partial charge in [-0.05, 0) is 66.8 Å². The van der Waals surface area contributed by atoms with E-state index in [0.29, 0.717) is 6.54 Å². The molecule has 0 amide bonds. The van der Waals surface area contributed by atoms with Crippen molar-refractivity contribution in [3.63, 3.8) is 0 Å². The fraction of sp³-hybridized carbons (Fsp3) is 0.438. The van der Waals surface area contributed by atoms with Crippen LogP contribution in [-0.4, -0.2) is 28.8 Å². The van der Waals surface area contributed by atoms with Crippen molar-refractivity contribution < 1.29 is 4.79 Å². The summed E-state index contributed by atoms with van der Waals surface area (Å²) in [6, 6.07) is 4.12. The zero-order valence-corrected chi connectivity index (χ0v) is 15.3. The Morgan fingerprint density at radius 2 is 2.10 bits per heavy atom. The van der Waals surface area contributed by atoms with Gasteiger partial charge in [-0.1, -0.05) is 0 Å². The molecule has 0 saturated carbocycles. The lowest BCUT2D eigenvalue weighted by atomic mass is 10.1. The van der Waals surface area contributed by atoms with Crippen molar-refractivity contribution in [2.24, 2.45) is 0 Å². The molecule has 2 rings (SSSR count). The van der Waals surface area contributed by atoms with Crippen molar-refractivity contribution in [3.05, 3.63) is 43.8 Å². The zero-order chi connectivity index (χ0) is 15.6. The molecule has 0 fully saturated rings. The molecule has 2 aromatic heterocycles. The molecule has 0 aliphatic heterocycles. The van der Waals surface area contributed by atoms with Crippen LogP contribution in [0.15, 0.2) is 21.3 Å². The lowest BCUT2D eigenvalue weighted by Gasteiger charge is -2.15. The monoisotopic (exact) mass is 368 g/mol. The van der Waals surface area contributed by atoms with Gasteiger partial charge in [0.2, 0.25) is 0 Å². The fourth-order valence-corrected chi connectivity index (χ4v) is 3.90. The van der Waals surface area contributed by atoms with Gasteiger partial charge in [-0.15, -0.1) is 11.3 Å². The number of aromatic nitrogens is 1. The second-order valence-electron chi connectivity index (χ2n) is 5.38. The van der Waals surface area contributed by atoms with E-state index >= 15 is 0 Å². The number of halogens is 1. The van der Waals surface area contributed by atoms with E-state index in [1.807, 2.05) is 20.0 Å². The lowest BCUT2D eigenvalue weighted by molar-refractivity contribution is 0.0942. The number of thiophene rings is 1. The Morgan fingerprint density at radius 1 is 1.38 bits per heavy atom. The number of Topliss-reactive ketones (excluding diaryl/α,β-unsaturated/α-hetero) is 1. The smallest absolute Gasteiger partial charge is 0.178 e. The maximum absolute atomic E-state index is 12.5. The highest BCUT2D eigenvalue weighted by Gasteiger charge is 2.16. The topological polar surface area (TPSA) is 25.2 Å². The zero-order valence-electron chi connectivity index (χ0n) is 12.9. The molecule has 0 saturated heterocycles. The molecule has 5 heteroatoms. The van der Waals surface area contributed by atoms with Gasteiger partial charge in [0.1, 0.15) is 0 Å². The Kier molecular flexibility index (Phi) is 5.41. The number of aryl methyl sites for hydroxylation is 1. The van der Waals surface area contributed by atoms with Crippen molar-refractivity contribution in [2.75, 3.05) is 13.6 Å². The second kappa shape index (κ2) is 6.90. The summed E-state index contributed by atoms with van der Waals surface area (Å²) in [7, 11) is 1.99. The average molecular weight is 369 g/mol. The predicted molar refractivity (Wildman–Crippen MR) is 92.3 cm³/mol. The highest BCUT2D eigenvalue weighted by Crippen LogP contribution is 2.22. The summed E-state index contributed by atoms with van der Waals surface area (Å²) in [5.41, 5.74) is 4.32. The lowest BCUT2D eigenvalue weighted by Crippen LogP contribution is -2.25. The van der Waals surface area contributed by atoms with E-state index < -0.39 is 0 Å². The molecule has 0 aliphatic carbocycles. The van der Waals surface area contributed by atoms with Crippen LogP contribution in [0.1, 0.15) is 34.2 Å². The van der Waals surface area contributed by atoms with Crippen molar-refractivity contribution in [2.45, 2.75) is 33.9 Å². The summed E-state index contributed by atoms with van der Waals surface area (Å²) < 4.78 is 3.31. The van der Waals surface area contributed by atoms with Gasteiger partial charge in [0.15, 0.2) is 5.78 Å². The number of hydrogen-bond donors (Lipinski definition) is 0. The van der Waals surface area contributed by atoms with Crippen LogP contribution in [0.25, 0.3) is 0 Å². The van der Waals surface area contributed by atoms with Crippen LogP contribution in [0, 0.1) is 13.8 Å². The minimum Gasteiger partial charge on any atom is -0.349 e. The largest absolute Gasteiger partial charge is 0.349 e. The van der Waals surface area contributed by atoms with E-state index in [0.717, 1.165) is 33.8 Å². The maximum Gasteiger partial charge on any atom is 0.178 e. The van der Waals surface area contributed by atoms with E-state index in [9.17, 15) is 4.79 Å². The van der Waals surface area contributed by atoms with Crippen LogP contribution in [0.4, 0.5) is 0 Å². The molecule has 2 heterocycles. The minimum atomic E-state index is 0.194. The molecule has 2 aromatic rings. The third-order valence-electron chi connectivity index (χ3n) is 3.68. The number of likely N-dealkylation sites (N-methyl/N-ethyl adjacent to an activating group) is 1. The summed E-state index contributed by atoms with van der Waals surface area (Å²) >= 11 is 5.14. The van der Waals surface area contributed by atoms with Crippen molar-refractivity contribution in [1.29, 1.82) is 0 Å². The molecule has 0 bridgehead atoms. The van der Waals surface area contributed by atoms with Gasteiger partial charge in [0.25, 0.3) is 0 Å². The van der Waals surface area contributed by atoms with E-state index in [1.165, 1.54) is 5.56 Å². The molecule has 0 N–H and O–H groups in total. The van der Waals surface area contributed by atoms with Crippen LogP contribution in [0.3, 0.4) is 0 Å². The van der Waals surface area contributed by atoms with Crippen LogP contribution >= 0.6 is 27.3 Å². The molecule has 3 nitrogen and oxygen atoms in total. The molecule has 0 aliphatic rings. The highest BCUT2D eigenvalue weighted by molar-refractivity contribution is 9.11. The first-order valence-electron chi connectivity index (χ1n) is 7.03. The molecule has 0 aromatic carbocycles. The number of carbonyl (C=O) groups excluding carboxylic acids is 1. The Hall–Kier alpha value is -0.910. The standard InChI is InChI=1S/C16H21BrN2OS/c1-5-19-11(2)6-14(12(19)3)15(20)9-18(4)8-13-7-16(17)21-10-13/h6-7,10H,5,8-9H2,1-4H3. The number of rotatable bonds is 6. The van der Waals surface area contributed by atoms with Crippen molar-refractivity contribution in [1.82, 2.24) is 9.47 Å². The molecular weight excluding hydrogens is 348 g/mol. The molecule has 0 unspecified atom stereocenters. The summed E-state index contributed by atoms with van der Waals surface area (Å²) in [6.07, 6.45) is 0. The minimum absolute atomic E-state index is 0.194. The Labute approximate surface area is 138 Å². The third kappa shape index (κ3) is 3.84. The highest BCUT2D eigenvalue weighted by atomic mass is 79.9. The Morgan fingerprint density at radius 3 is 2.62 bits per heavy atom. The van der Waals surface area contributed by atoms with E-state index in [1.54, 1.807) is 11.3 Å². The number of hydrogen-bond acceptors (Lipinski definition) is 3. The quantitative estimate of drug-likeness (QED) is 0.711. The summed E-state index contributed by atoms with van der Waals surface area (Å²) in [6.45, 7) is 8.33. The first-order valence-corrected chi connectivity index (χ1v) is 8.71. The maximum atomic E-state index is 12.5. The molecular formula is C16H21BrN2OS. The van der Waals surface area contributed by atoms with Gasteiger partial charge < -0.3 is 4.57 Å². The average Bonchev–Trinajstić information content (AvgIpc) is 2.93.